The van der Waals surface area contributed by atoms with Crippen molar-refractivity contribution in [2.75, 3.05) is 36.5 Å². The number of benzene rings is 1. The third-order valence-electron chi connectivity index (χ3n) is 4.63. The number of pyridine rings is 1. The van der Waals surface area contributed by atoms with Gasteiger partial charge in [0, 0.05) is 18.7 Å². The standard InChI is InChI=1S/C20H18Cl2N4O3/c1-12-17(19(25-29-12)18-14(21)3-2-4-15(18)22)20(27)24-13-5-6-16(23-11-13)26-7-9-28-10-8-26/h2-6,11H,7-10H2,1H3,(H,24,27). The van der Waals surface area contributed by atoms with E-state index in [9.17, 15) is 4.79 Å². The fourth-order valence-electron chi connectivity index (χ4n) is 3.17. The van der Waals surface area contributed by atoms with Crippen molar-refractivity contribution in [1.82, 2.24) is 10.1 Å². The highest BCUT2D eigenvalue weighted by Gasteiger charge is 2.25. The first-order valence-corrected chi connectivity index (χ1v) is 9.81. The van der Waals surface area contributed by atoms with Crippen LogP contribution in [0.2, 0.25) is 10.0 Å². The molecule has 1 N–H and O–H groups in total. The Hall–Kier alpha value is -2.61. The van der Waals surface area contributed by atoms with E-state index in [-0.39, 0.29) is 11.5 Å². The molecule has 1 saturated heterocycles. The molecule has 1 amide bonds. The summed E-state index contributed by atoms with van der Waals surface area (Å²) in [5, 5.41) is 7.61. The minimum atomic E-state index is -0.379. The maximum Gasteiger partial charge on any atom is 0.261 e. The van der Waals surface area contributed by atoms with Crippen LogP contribution in [0.3, 0.4) is 0 Å². The van der Waals surface area contributed by atoms with E-state index in [4.69, 9.17) is 32.5 Å². The molecular formula is C20H18Cl2N4O3. The van der Waals surface area contributed by atoms with E-state index < -0.39 is 0 Å². The maximum atomic E-state index is 12.9. The lowest BCUT2D eigenvalue weighted by Gasteiger charge is -2.27. The van der Waals surface area contributed by atoms with Crippen molar-refractivity contribution < 1.29 is 14.1 Å². The molecule has 0 unspecified atom stereocenters. The van der Waals surface area contributed by atoms with Gasteiger partial charge in [-0.1, -0.05) is 34.4 Å². The number of halogens is 2. The number of carbonyl (C=O) groups excluding carboxylic acids is 1. The molecule has 0 radical (unpaired) electrons. The van der Waals surface area contributed by atoms with E-state index in [0.29, 0.717) is 46.0 Å². The quantitative estimate of drug-likeness (QED) is 0.655. The van der Waals surface area contributed by atoms with Gasteiger partial charge in [0.15, 0.2) is 0 Å². The first-order chi connectivity index (χ1) is 14.0. The number of hydrogen-bond acceptors (Lipinski definition) is 6. The highest BCUT2D eigenvalue weighted by Crippen LogP contribution is 2.37. The summed E-state index contributed by atoms with van der Waals surface area (Å²) in [6.45, 7) is 4.61. The number of hydrogen-bond donors (Lipinski definition) is 1. The van der Waals surface area contributed by atoms with Gasteiger partial charge < -0.3 is 19.5 Å². The average Bonchev–Trinajstić information content (AvgIpc) is 3.10. The van der Waals surface area contributed by atoms with E-state index >= 15 is 0 Å². The predicted molar refractivity (Wildman–Crippen MR) is 112 cm³/mol. The molecular weight excluding hydrogens is 415 g/mol. The molecule has 1 aliphatic heterocycles. The lowest BCUT2D eigenvalue weighted by atomic mass is 10.1. The monoisotopic (exact) mass is 432 g/mol. The Morgan fingerprint density at radius 1 is 1.14 bits per heavy atom. The molecule has 0 atom stereocenters. The first-order valence-electron chi connectivity index (χ1n) is 9.05. The summed E-state index contributed by atoms with van der Waals surface area (Å²) in [5.41, 5.74) is 1.59. The molecule has 7 nitrogen and oxygen atoms in total. The SMILES string of the molecule is Cc1onc(-c2c(Cl)cccc2Cl)c1C(=O)Nc1ccc(N2CCOCC2)nc1. The smallest absolute Gasteiger partial charge is 0.261 e. The van der Waals surface area contributed by atoms with Gasteiger partial charge in [-0.15, -0.1) is 0 Å². The number of amides is 1. The number of morpholine rings is 1. The molecule has 1 fully saturated rings. The Morgan fingerprint density at radius 2 is 1.86 bits per heavy atom. The van der Waals surface area contributed by atoms with Crippen molar-refractivity contribution in [2.24, 2.45) is 0 Å². The normalized spacial score (nSPS) is 14.1. The zero-order valence-corrected chi connectivity index (χ0v) is 17.1. The maximum absolute atomic E-state index is 12.9. The second-order valence-electron chi connectivity index (χ2n) is 6.52. The van der Waals surface area contributed by atoms with Crippen LogP contribution in [-0.2, 0) is 4.74 Å². The molecule has 4 rings (SSSR count). The Bertz CT molecular complexity index is 1010. The van der Waals surface area contributed by atoms with E-state index in [1.807, 2.05) is 6.07 Å². The fourth-order valence-corrected chi connectivity index (χ4v) is 3.74. The van der Waals surface area contributed by atoms with Crippen molar-refractivity contribution in [3.63, 3.8) is 0 Å². The van der Waals surface area contributed by atoms with Crippen molar-refractivity contribution in [3.05, 3.63) is 57.9 Å². The van der Waals surface area contributed by atoms with Gasteiger partial charge in [-0.25, -0.2) is 4.98 Å². The third kappa shape index (κ3) is 4.07. The predicted octanol–water partition coefficient (Wildman–Crippen LogP) is 4.44. The van der Waals surface area contributed by atoms with Crippen LogP contribution in [0.5, 0.6) is 0 Å². The fraction of sp³-hybridized carbons (Fsp3) is 0.250. The van der Waals surface area contributed by atoms with E-state index in [1.54, 1.807) is 37.4 Å². The van der Waals surface area contributed by atoms with Gasteiger partial charge in [-0.3, -0.25) is 4.79 Å². The number of aromatic nitrogens is 2. The van der Waals surface area contributed by atoms with Crippen molar-refractivity contribution in [3.8, 4) is 11.3 Å². The summed E-state index contributed by atoms with van der Waals surface area (Å²) < 4.78 is 10.6. The van der Waals surface area contributed by atoms with Crippen molar-refractivity contribution >= 4 is 40.6 Å². The van der Waals surface area contributed by atoms with E-state index in [2.05, 4.69) is 20.4 Å². The summed E-state index contributed by atoms with van der Waals surface area (Å²) in [6.07, 6.45) is 1.62. The Balaban J connectivity index is 1.57. The summed E-state index contributed by atoms with van der Waals surface area (Å²) in [7, 11) is 0. The van der Waals surface area contributed by atoms with Crippen LogP contribution in [0, 0.1) is 6.92 Å². The number of rotatable bonds is 4. The lowest BCUT2D eigenvalue weighted by molar-refractivity contribution is 0.102. The van der Waals surface area contributed by atoms with Crippen LogP contribution in [0.25, 0.3) is 11.3 Å². The second kappa shape index (κ2) is 8.41. The Kier molecular flexibility index (Phi) is 5.71. The molecule has 3 aromatic rings. The number of nitrogens with zero attached hydrogens (tertiary/aromatic N) is 3. The highest BCUT2D eigenvalue weighted by molar-refractivity contribution is 6.39. The van der Waals surface area contributed by atoms with Crippen LogP contribution < -0.4 is 10.2 Å². The van der Waals surface area contributed by atoms with Gasteiger partial charge in [0.2, 0.25) is 0 Å². The molecule has 29 heavy (non-hydrogen) atoms. The Morgan fingerprint density at radius 3 is 2.52 bits per heavy atom. The molecule has 0 spiro atoms. The number of nitrogens with one attached hydrogen (secondary N) is 1. The molecule has 3 heterocycles. The highest BCUT2D eigenvalue weighted by atomic mass is 35.5. The van der Waals surface area contributed by atoms with Crippen LogP contribution >= 0.6 is 23.2 Å². The van der Waals surface area contributed by atoms with Gasteiger partial charge in [0.25, 0.3) is 5.91 Å². The van der Waals surface area contributed by atoms with Crippen molar-refractivity contribution in [2.45, 2.75) is 6.92 Å². The number of ether oxygens (including phenoxy) is 1. The summed E-state index contributed by atoms with van der Waals surface area (Å²) in [5.74, 6) is 0.832. The van der Waals surface area contributed by atoms with E-state index in [1.165, 1.54) is 0 Å². The molecule has 150 valence electrons. The molecule has 1 aliphatic rings. The van der Waals surface area contributed by atoms with Crippen LogP contribution in [-0.4, -0.2) is 42.4 Å². The number of aryl methyl sites for hydroxylation is 1. The van der Waals surface area contributed by atoms with Gasteiger partial charge in [0.05, 0.1) is 35.1 Å². The summed E-state index contributed by atoms with van der Waals surface area (Å²) in [6, 6.07) is 8.77. The van der Waals surface area contributed by atoms with Gasteiger partial charge in [0.1, 0.15) is 22.8 Å². The van der Waals surface area contributed by atoms with Gasteiger partial charge >= 0.3 is 0 Å². The minimum Gasteiger partial charge on any atom is -0.378 e. The van der Waals surface area contributed by atoms with Crippen LogP contribution in [0.15, 0.2) is 41.1 Å². The average molecular weight is 433 g/mol. The molecule has 9 heteroatoms. The van der Waals surface area contributed by atoms with Crippen LogP contribution in [0.1, 0.15) is 16.1 Å². The van der Waals surface area contributed by atoms with E-state index in [0.717, 1.165) is 18.9 Å². The lowest BCUT2D eigenvalue weighted by Crippen LogP contribution is -2.36. The molecule has 0 saturated carbocycles. The number of carbonyl (C=O) groups is 1. The molecule has 0 aliphatic carbocycles. The Labute approximate surface area is 177 Å². The zero-order chi connectivity index (χ0) is 20.4. The topological polar surface area (TPSA) is 80.5 Å². The largest absolute Gasteiger partial charge is 0.378 e. The molecule has 0 bridgehead atoms. The molecule has 1 aromatic carbocycles. The first kappa shape index (κ1) is 19.7. The van der Waals surface area contributed by atoms with Crippen molar-refractivity contribution in [1.29, 1.82) is 0 Å². The second-order valence-corrected chi connectivity index (χ2v) is 7.33. The minimum absolute atomic E-state index is 0.275. The van der Waals surface area contributed by atoms with Gasteiger partial charge in [-0.2, -0.15) is 0 Å². The van der Waals surface area contributed by atoms with Gasteiger partial charge in [-0.05, 0) is 31.2 Å². The number of anilines is 2. The third-order valence-corrected chi connectivity index (χ3v) is 5.26. The summed E-state index contributed by atoms with van der Waals surface area (Å²) >= 11 is 12.6. The summed E-state index contributed by atoms with van der Waals surface area (Å²) in [4.78, 5) is 19.5. The van der Waals surface area contributed by atoms with Crippen LogP contribution in [0.4, 0.5) is 11.5 Å². The molecule has 2 aromatic heterocycles. The zero-order valence-electron chi connectivity index (χ0n) is 15.6.